The number of nitrogens with zero attached hydrogens (tertiary/aromatic N) is 2. The zero-order valence-corrected chi connectivity index (χ0v) is 15.7. The fraction of sp³-hybridized carbons (Fsp3) is 0.667. The van der Waals surface area contributed by atoms with E-state index in [0.29, 0.717) is 32.4 Å². The van der Waals surface area contributed by atoms with E-state index in [-0.39, 0.29) is 10.8 Å². The molecule has 7 nitrogen and oxygen atoms in total. The molecule has 1 aliphatic heterocycles. The largest absolute Gasteiger partial charge is 0.608 e. The Morgan fingerprint density at radius 2 is 2.21 bits per heavy atom. The minimum absolute atomic E-state index is 0.145. The average molecular weight is 375 g/mol. The van der Waals surface area contributed by atoms with Crippen molar-refractivity contribution in [1.29, 1.82) is 0 Å². The number of hydrogen-bond donors (Lipinski definition) is 1. The Labute approximate surface area is 147 Å². The van der Waals surface area contributed by atoms with Crippen LogP contribution < -0.4 is 5.32 Å². The fourth-order valence-corrected chi connectivity index (χ4v) is 5.63. The van der Waals surface area contributed by atoms with Crippen LogP contribution in [0.1, 0.15) is 39.5 Å². The number of carbonyl (C=O) groups excluding carboxylic acids is 1. The van der Waals surface area contributed by atoms with Crippen LogP contribution in [0, 0.1) is 17.5 Å². The molecule has 0 spiro atoms. The molecule has 2 unspecified atom stereocenters. The van der Waals surface area contributed by atoms with Gasteiger partial charge in [0.2, 0.25) is 0 Å². The van der Waals surface area contributed by atoms with Crippen molar-refractivity contribution in [3.05, 3.63) is 23.7 Å². The number of quaternary nitrogens is 1. The van der Waals surface area contributed by atoms with Gasteiger partial charge in [0.1, 0.15) is 6.04 Å². The Balaban J connectivity index is 2.58. The lowest BCUT2D eigenvalue weighted by atomic mass is 9.88. The number of aromatic nitrogens is 1. The minimum Gasteiger partial charge on any atom is -0.608 e. The summed E-state index contributed by atoms with van der Waals surface area (Å²) < 4.78 is 24.0. The third-order valence-electron chi connectivity index (χ3n) is 4.50. The second-order valence-electron chi connectivity index (χ2n) is 6.64. The molecule has 24 heavy (non-hydrogen) atoms. The molecule has 2 atom stereocenters. The Morgan fingerprint density at radius 3 is 2.79 bits per heavy atom. The van der Waals surface area contributed by atoms with Crippen molar-refractivity contribution in [2.24, 2.45) is 5.41 Å². The van der Waals surface area contributed by atoms with Crippen LogP contribution >= 0.6 is 11.3 Å². The summed E-state index contributed by atoms with van der Waals surface area (Å²) in [5, 5.41) is 18.4. The smallest absolute Gasteiger partial charge is 0.361 e. The molecular formula is C15H24N3O4S2. The van der Waals surface area contributed by atoms with Gasteiger partial charge in [0.05, 0.1) is 5.41 Å². The number of rotatable bonds is 5. The van der Waals surface area contributed by atoms with Crippen molar-refractivity contribution in [3.63, 3.8) is 0 Å². The Kier molecular flexibility index (Phi) is 5.81. The van der Waals surface area contributed by atoms with E-state index < -0.39 is 31.4 Å². The molecule has 0 aromatic carbocycles. The van der Waals surface area contributed by atoms with Crippen LogP contribution in [0.4, 0.5) is 0 Å². The highest BCUT2D eigenvalue weighted by molar-refractivity contribution is 7.88. The normalized spacial score (nSPS) is 22.6. The van der Waals surface area contributed by atoms with Gasteiger partial charge in [0.15, 0.2) is 0 Å². The summed E-state index contributed by atoms with van der Waals surface area (Å²) in [6.07, 6.45) is 2.82. The monoisotopic (exact) mass is 374 g/mol. The topological polar surface area (TPSA) is 99.2 Å². The molecule has 1 saturated heterocycles. The summed E-state index contributed by atoms with van der Waals surface area (Å²) in [5.74, 6) is -0.861. The van der Waals surface area contributed by atoms with E-state index in [2.05, 4.69) is 17.2 Å². The standard InChI is InChI=1S/C15H24N3O4S2/c1-4-15(2,3)13(19)18(20,12-6-5-8-16-9-7-12)24(21,22)14-17-10-11-23-14/h10-12,16H,1,4-9H2,2-3H3. The molecule has 1 fully saturated rings. The highest BCUT2D eigenvalue weighted by Crippen LogP contribution is 2.38. The lowest BCUT2D eigenvalue weighted by molar-refractivity contribution is -0.709. The maximum absolute atomic E-state index is 13.7. The molecule has 9 heteroatoms. The van der Waals surface area contributed by atoms with E-state index in [4.69, 9.17) is 0 Å². The molecule has 2 rings (SSSR count). The van der Waals surface area contributed by atoms with Crippen molar-refractivity contribution in [1.82, 2.24) is 10.3 Å². The number of amides is 1. The van der Waals surface area contributed by atoms with Gasteiger partial charge >= 0.3 is 15.9 Å². The SMILES string of the molecule is [CH2]CC(C)(C)C(=O)[N+]([O-])(C1CCCNCC1)S(=O)(=O)c1nccs1. The van der Waals surface area contributed by atoms with Crippen molar-refractivity contribution in [3.8, 4) is 0 Å². The minimum atomic E-state index is -4.48. The third kappa shape index (κ3) is 3.28. The quantitative estimate of drug-likeness (QED) is 0.626. The molecule has 1 radical (unpaired) electrons. The van der Waals surface area contributed by atoms with E-state index in [1.54, 1.807) is 13.8 Å². The molecule has 0 aliphatic carbocycles. The second kappa shape index (κ2) is 7.17. The van der Waals surface area contributed by atoms with Gasteiger partial charge in [-0.3, -0.25) is 0 Å². The second-order valence-corrected chi connectivity index (χ2v) is 9.68. The first-order chi connectivity index (χ1) is 11.2. The highest BCUT2D eigenvalue weighted by Gasteiger charge is 2.54. The number of carbonyl (C=O) groups is 1. The molecule has 1 amide bonds. The van der Waals surface area contributed by atoms with E-state index in [1.165, 1.54) is 11.6 Å². The van der Waals surface area contributed by atoms with Crippen LogP contribution in [0.25, 0.3) is 0 Å². The molecule has 135 valence electrons. The van der Waals surface area contributed by atoms with Gasteiger partial charge < -0.3 is 10.5 Å². The molecule has 1 aromatic heterocycles. The summed E-state index contributed by atoms with van der Waals surface area (Å²) in [6.45, 7) is 8.07. The Morgan fingerprint density at radius 1 is 1.50 bits per heavy atom. The molecule has 0 bridgehead atoms. The molecule has 1 aromatic rings. The number of hydroxylamine groups is 2. The van der Waals surface area contributed by atoms with Gasteiger partial charge in [-0.1, -0.05) is 6.92 Å². The first-order valence-corrected chi connectivity index (χ1v) is 10.3. The molecule has 0 saturated carbocycles. The Hall–Kier alpha value is -0.870. The molecule has 1 N–H and O–H groups in total. The van der Waals surface area contributed by atoms with Crippen molar-refractivity contribution in [2.45, 2.75) is 49.9 Å². The van der Waals surface area contributed by atoms with Crippen molar-refractivity contribution < 1.29 is 17.3 Å². The van der Waals surface area contributed by atoms with Crippen LogP contribution in [0.2, 0.25) is 0 Å². The Bertz CT molecular complexity index is 665. The third-order valence-corrected chi connectivity index (χ3v) is 7.71. The first kappa shape index (κ1) is 19.5. The zero-order chi connectivity index (χ0) is 18.0. The van der Waals surface area contributed by atoms with E-state index in [1.807, 2.05) is 0 Å². The van der Waals surface area contributed by atoms with Crippen LogP contribution in [0.3, 0.4) is 0 Å². The van der Waals surface area contributed by atoms with Gasteiger partial charge in [-0.25, -0.2) is 9.78 Å². The van der Waals surface area contributed by atoms with Gasteiger partial charge in [-0.2, -0.15) is 12.5 Å². The lowest BCUT2D eigenvalue weighted by Gasteiger charge is -2.46. The van der Waals surface area contributed by atoms with Crippen LogP contribution in [-0.2, 0) is 14.8 Å². The summed E-state index contributed by atoms with van der Waals surface area (Å²) >= 11 is 0.863. The van der Waals surface area contributed by atoms with E-state index in [9.17, 15) is 18.4 Å². The molecular weight excluding hydrogens is 350 g/mol. The predicted molar refractivity (Wildman–Crippen MR) is 92.2 cm³/mol. The number of nitrogens with one attached hydrogen (secondary N) is 1. The van der Waals surface area contributed by atoms with Gasteiger partial charge in [0, 0.05) is 31.0 Å². The summed E-state index contributed by atoms with van der Waals surface area (Å²) in [5.41, 5.74) is -1.13. The fourth-order valence-electron chi connectivity index (χ4n) is 2.79. The number of sulfonamides is 1. The maximum Gasteiger partial charge on any atom is 0.361 e. The van der Waals surface area contributed by atoms with Crippen molar-refractivity contribution in [2.75, 3.05) is 13.1 Å². The number of thiazole rings is 1. The van der Waals surface area contributed by atoms with Gasteiger partial charge in [0.25, 0.3) is 4.34 Å². The van der Waals surface area contributed by atoms with Crippen LogP contribution in [0.15, 0.2) is 15.9 Å². The van der Waals surface area contributed by atoms with Gasteiger partial charge in [-0.15, -0.1) is 11.3 Å². The average Bonchev–Trinajstić information content (AvgIpc) is 2.97. The summed E-state index contributed by atoms with van der Waals surface area (Å²) in [6, 6.07) is -0.841. The van der Waals surface area contributed by atoms with Crippen molar-refractivity contribution >= 4 is 27.3 Å². The zero-order valence-electron chi connectivity index (χ0n) is 14.0. The van der Waals surface area contributed by atoms with E-state index >= 15 is 0 Å². The van der Waals surface area contributed by atoms with E-state index in [0.717, 1.165) is 11.3 Å². The van der Waals surface area contributed by atoms with Crippen LogP contribution in [0.5, 0.6) is 0 Å². The lowest BCUT2D eigenvalue weighted by Crippen LogP contribution is -2.62. The van der Waals surface area contributed by atoms with Gasteiger partial charge in [-0.05, 0) is 33.2 Å². The molecule has 2 heterocycles. The summed E-state index contributed by atoms with van der Waals surface area (Å²) in [7, 11) is -4.48. The number of hydrogen-bond acceptors (Lipinski definition) is 7. The predicted octanol–water partition coefficient (Wildman–Crippen LogP) is 2.07. The highest BCUT2D eigenvalue weighted by atomic mass is 32.2. The summed E-state index contributed by atoms with van der Waals surface area (Å²) in [4.78, 5) is 16.9. The maximum atomic E-state index is 13.7. The first-order valence-electron chi connectivity index (χ1n) is 7.97. The molecule has 1 aliphatic rings. The van der Waals surface area contributed by atoms with Crippen LogP contribution in [-0.4, -0.2) is 42.5 Å².